The van der Waals surface area contributed by atoms with Crippen LogP contribution in [0.3, 0.4) is 0 Å². The second-order valence-corrected chi connectivity index (χ2v) is 7.93. The highest BCUT2D eigenvalue weighted by Gasteiger charge is 2.35. The van der Waals surface area contributed by atoms with Gasteiger partial charge in [-0.25, -0.2) is 0 Å². The molecule has 2 nitrogen and oxygen atoms in total. The molecule has 29 heavy (non-hydrogen) atoms. The van der Waals surface area contributed by atoms with Gasteiger partial charge in [0, 0.05) is 0 Å². The van der Waals surface area contributed by atoms with Gasteiger partial charge in [-0.05, 0) is 70.2 Å². The van der Waals surface area contributed by atoms with Crippen molar-refractivity contribution in [2.24, 2.45) is 5.92 Å². The van der Waals surface area contributed by atoms with Gasteiger partial charge in [0.05, 0.1) is 13.0 Å². The van der Waals surface area contributed by atoms with Crippen LogP contribution in [0, 0.1) is 5.92 Å². The van der Waals surface area contributed by atoms with Crippen molar-refractivity contribution in [3.63, 3.8) is 0 Å². The van der Waals surface area contributed by atoms with Crippen molar-refractivity contribution in [1.82, 2.24) is 0 Å². The second kappa shape index (κ2) is 7.36. The molecule has 1 unspecified atom stereocenters. The Kier molecular flexibility index (Phi) is 4.55. The van der Waals surface area contributed by atoms with E-state index >= 15 is 0 Å². The summed E-state index contributed by atoms with van der Waals surface area (Å²) >= 11 is 0. The third kappa shape index (κ3) is 3.09. The van der Waals surface area contributed by atoms with Crippen LogP contribution in [0.15, 0.2) is 72.8 Å². The van der Waals surface area contributed by atoms with E-state index in [9.17, 15) is 4.79 Å². The number of hydrogen-bond acceptors (Lipinski definition) is 2. The third-order valence-electron chi connectivity index (χ3n) is 6.26. The molecule has 0 saturated carbocycles. The summed E-state index contributed by atoms with van der Waals surface area (Å²) in [5.41, 5.74) is 9.93. The molecule has 0 aromatic heterocycles. The Morgan fingerprint density at radius 1 is 0.828 bits per heavy atom. The van der Waals surface area contributed by atoms with E-state index in [1.165, 1.54) is 41.4 Å². The lowest BCUT2D eigenvalue weighted by Crippen LogP contribution is -2.25. The highest BCUT2D eigenvalue weighted by atomic mass is 16.5. The Morgan fingerprint density at radius 3 is 2.10 bits per heavy atom. The fourth-order valence-electron chi connectivity index (χ4n) is 4.94. The molecule has 0 fully saturated rings. The van der Waals surface area contributed by atoms with Crippen LogP contribution < -0.4 is 0 Å². The van der Waals surface area contributed by atoms with Gasteiger partial charge < -0.3 is 4.74 Å². The van der Waals surface area contributed by atoms with Crippen molar-refractivity contribution in [2.45, 2.75) is 25.7 Å². The summed E-state index contributed by atoms with van der Waals surface area (Å²) in [6, 6.07) is 25.5. The monoisotopic (exact) mass is 380 g/mol. The number of esters is 1. The number of rotatable bonds is 3. The van der Waals surface area contributed by atoms with Crippen molar-refractivity contribution < 1.29 is 9.53 Å². The summed E-state index contributed by atoms with van der Waals surface area (Å²) in [6.45, 7) is 0. The van der Waals surface area contributed by atoms with Crippen LogP contribution in [-0.4, -0.2) is 13.1 Å². The van der Waals surface area contributed by atoms with Gasteiger partial charge in [-0.1, -0.05) is 72.8 Å². The number of ether oxygens (including phenoxy) is 1. The van der Waals surface area contributed by atoms with Gasteiger partial charge in [-0.2, -0.15) is 0 Å². The van der Waals surface area contributed by atoms with E-state index in [1.54, 1.807) is 0 Å². The molecule has 144 valence electrons. The zero-order valence-electron chi connectivity index (χ0n) is 16.7. The van der Waals surface area contributed by atoms with Gasteiger partial charge in [0.25, 0.3) is 0 Å². The first-order valence-electron chi connectivity index (χ1n) is 10.3. The van der Waals surface area contributed by atoms with Gasteiger partial charge in [0.2, 0.25) is 0 Å². The van der Waals surface area contributed by atoms with Crippen molar-refractivity contribution in [3.05, 3.63) is 106 Å². The van der Waals surface area contributed by atoms with E-state index in [4.69, 9.17) is 4.74 Å². The smallest absolute Gasteiger partial charge is 0.313 e. The largest absolute Gasteiger partial charge is 0.469 e. The first kappa shape index (κ1) is 17.9. The van der Waals surface area contributed by atoms with Gasteiger partial charge >= 0.3 is 5.97 Å². The SMILES string of the molecule is COC(=O)C1Cc2cc3c(cc2C(c2ccccc2)=C1c1ccccc1)CCC3. The highest BCUT2D eigenvalue weighted by molar-refractivity contribution is 6.07. The van der Waals surface area contributed by atoms with E-state index in [-0.39, 0.29) is 11.9 Å². The number of hydrogen-bond donors (Lipinski definition) is 0. The molecule has 2 aliphatic carbocycles. The van der Waals surface area contributed by atoms with Crippen LogP contribution >= 0.6 is 0 Å². The van der Waals surface area contributed by atoms with Gasteiger partial charge in [-0.3, -0.25) is 4.79 Å². The lowest BCUT2D eigenvalue weighted by molar-refractivity contribution is -0.143. The summed E-state index contributed by atoms with van der Waals surface area (Å²) < 4.78 is 5.26. The number of methoxy groups -OCH3 is 1. The fraction of sp³-hybridized carbons (Fsp3) is 0.222. The van der Waals surface area contributed by atoms with E-state index in [0.29, 0.717) is 6.42 Å². The molecule has 3 aromatic rings. The van der Waals surface area contributed by atoms with Crippen molar-refractivity contribution in [1.29, 1.82) is 0 Å². The molecule has 0 radical (unpaired) electrons. The molecule has 2 aliphatic rings. The molecule has 3 aromatic carbocycles. The zero-order chi connectivity index (χ0) is 19.8. The Labute approximate surface area is 171 Å². The quantitative estimate of drug-likeness (QED) is 0.563. The predicted octanol–water partition coefficient (Wildman–Crippen LogP) is 5.48. The Hall–Kier alpha value is -3.13. The van der Waals surface area contributed by atoms with Crippen molar-refractivity contribution >= 4 is 17.1 Å². The van der Waals surface area contributed by atoms with E-state index in [1.807, 2.05) is 24.3 Å². The molecule has 0 heterocycles. The van der Waals surface area contributed by atoms with Crippen LogP contribution in [-0.2, 0) is 28.8 Å². The topological polar surface area (TPSA) is 26.3 Å². The van der Waals surface area contributed by atoms with Crippen LogP contribution in [0.4, 0.5) is 0 Å². The molecule has 0 bridgehead atoms. The van der Waals surface area contributed by atoms with Crippen molar-refractivity contribution in [2.75, 3.05) is 7.11 Å². The Balaban J connectivity index is 1.84. The number of benzene rings is 3. The fourth-order valence-corrected chi connectivity index (χ4v) is 4.94. The van der Waals surface area contributed by atoms with E-state index in [0.717, 1.165) is 29.5 Å². The van der Waals surface area contributed by atoms with Gasteiger partial charge in [0.15, 0.2) is 0 Å². The molecule has 0 N–H and O–H groups in total. The molecule has 1 atom stereocenters. The lowest BCUT2D eigenvalue weighted by atomic mass is 9.73. The van der Waals surface area contributed by atoms with Crippen molar-refractivity contribution in [3.8, 4) is 0 Å². The predicted molar refractivity (Wildman–Crippen MR) is 116 cm³/mol. The Bertz CT molecular complexity index is 1090. The summed E-state index contributed by atoms with van der Waals surface area (Å²) in [4.78, 5) is 12.9. The number of fused-ring (bicyclic) bond motifs is 2. The maximum atomic E-state index is 12.9. The molecular formula is C27H24O2. The minimum atomic E-state index is -0.301. The molecular weight excluding hydrogens is 356 g/mol. The third-order valence-corrected chi connectivity index (χ3v) is 6.26. The summed E-state index contributed by atoms with van der Waals surface area (Å²) in [5, 5.41) is 0. The first-order chi connectivity index (χ1) is 14.3. The molecule has 2 heteroatoms. The first-order valence-corrected chi connectivity index (χ1v) is 10.3. The van der Waals surface area contributed by atoms with Gasteiger partial charge in [0.1, 0.15) is 0 Å². The summed E-state index contributed by atoms with van der Waals surface area (Å²) in [5.74, 6) is -0.465. The van der Waals surface area contributed by atoms with Gasteiger partial charge in [-0.15, -0.1) is 0 Å². The second-order valence-electron chi connectivity index (χ2n) is 7.93. The zero-order valence-corrected chi connectivity index (χ0v) is 16.7. The Morgan fingerprint density at radius 2 is 1.45 bits per heavy atom. The summed E-state index contributed by atoms with van der Waals surface area (Å²) in [7, 11) is 1.49. The average molecular weight is 380 g/mol. The minimum Gasteiger partial charge on any atom is -0.469 e. The highest BCUT2D eigenvalue weighted by Crippen LogP contribution is 2.45. The molecule has 0 aliphatic heterocycles. The molecule has 0 saturated heterocycles. The maximum absolute atomic E-state index is 12.9. The number of carbonyl (C=O) groups excluding carboxylic acids is 1. The van der Waals surface area contributed by atoms with E-state index < -0.39 is 0 Å². The number of aryl methyl sites for hydroxylation is 2. The average Bonchev–Trinajstić information content (AvgIpc) is 3.24. The van der Waals surface area contributed by atoms with Crippen LogP contribution in [0.5, 0.6) is 0 Å². The standard InChI is InChI=1S/C27H24O2/c1-29-27(28)24-17-22-15-20-13-8-14-21(20)16-23(22)25(18-9-4-2-5-10-18)26(24)19-11-6-3-7-12-19/h2-7,9-12,15-16,24H,8,13-14,17H2,1H3. The van der Waals surface area contributed by atoms with Crippen LogP contribution in [0.25, 0.3) is 11.1 Å². The van der Waals surface area contributed by atoms with Crippen LogP contribution in [0.2, 0.25) is 0 Å². The summed E-state index contributed by atoms with van der Waals surface area (Å²) in [6.07, 6.45) is 4.19. The van der Waals surface area contributed by atoms with E-state index in [2.05, 4.69) is 48.5 Å². The minimum absolute atomic E-state index is 0.163. The molecule has 5 rings (SSSR count). The lowest BCUT2D eigenvalue weighted by Gasteiger charge is -2.30. The normalized spacial score (nSPS) is 17.6. The molecule has 0 amide bonds. The van der Waals surface area contributed by atoms with Crippen LogP contribution in [0.1, 0.15) is 39.8 Å². The molecule has 0 spiro atoms. The maximum Gasteiger partial charge on any atom is 0.313 e. The number of carbonyl (C=O) groups is 1.